The molecule has 2 heteroatoms. The van der Waals surface area contributed by atoms with Crippen LogP contribution in [-0.2, 0) is 6.42 Å². The average molecular weight is 401 g/mol. The monoisotopic (exact) mass is 400 g/mol. The molecule has 28 heavy (non-hydrogen) atoms. The lowest BCUT2D eigenvalue weighted by Gasteiger charge is -2.29. The fourth-order valence-electron chi connectivity index (χ4n) is 4.35. The van der Waals surface area contributed by atoms with Gasteiger partial charge in [-0.3, -0.25) is 0 Å². The Kier molecular flexibility index (Phi) is 8.58. The largest absolute Gasteiger partial charge is 0.389 e. The molecule has 1 unspecified atom stereocenters. The van der Waals surface area contributed by atoms with Crippen LogP contribution < -0.4 is 0 Å². The SMILES string of the molecule is CCCCCCc1c(-c2ccccc2)c(C(C)O)c(C(C)C)c(Cl)c1C(C)C. The Morgan fingerprint density at radius 2 is 1.43 bits per heavy atom. The standard InChI is InChI=1S/C26H37ClO/c1-7-8-9-13-16-21-22(17(2)3)26(27)23(18(4)5)24(19(6)28)25(21)20-14-11-10-12-15-20/h10-12,14-15,17-19,28H,7-9,13,16H2,1-6H3. The Labute approximate surface area is 177 Å². The van der Waals surface area contributed by atoms with E-state index < -0.39 is 6.10 Å². The van der Waals surface area contributed by atoms with Crippen LogP contribution in [0.25, 0.3) is 11.1 Å². The van der Waals surface area contributed by atoms with Gasteiger partial charge in [-0.2, -0.15) is 0 Å². The molecule has 0 aliphatic rings. The summed E-state index contributed by atoms with van der Waals surface area (Å²) in [5, 5.41) is 11.7. The van der Waals surface area contributed by atoms with Gasteiger partial charge in [0.05, 0.1) is 6.10 Å². The minimum absolute atomic E-state index is 0.256. The Bertz CT molecular complexity index is 760. The number of unbranched alkanes of at least 4 members (excludes halogenated alkanes) is 3. The number of benzene rings is 2. The van der Waals surface area contributed by atoms with Crippen molar-refractivity contribution in [2.45, 2.75) is 91.6 Å². The molecule has 0 aliphatic heterocycles. The van der Waals surface area contributed by atoms with Crippen LogP contribution in [0.15, 0.2) is 30.3 Å². The van der Waals surface area contributed by atoms with E-state index in [1.807, 2.05) is 6.92 Å². The lowest BCUT2D eigenvalue weighted by atomic mass is 9.78. The predicted molar refractivity (Wildman–Crippen MR) is 124 cm³/mol. The lowest BCUT2D eigenvalue weighted by Crippen LogP contribution is -2.12. The Hall–Kier alpha value is -1.31. The van der Waals surface area contributed by atoms with Gasteiger partial charge in [-0.05, 0) is 65.0 Å². The maximum atomic E-state index is 10.8. The van der Waals surface area contributed by atoms with Gasteiger partial charge < -0.3 is 5.11 Å². The third-order valence-corrected chi connectivity index (χ3v) is 5.98. The molecule has 1 nitrogen and oxygen atoms in total. The van der Waals surface area contributed by atoms with E-state index in [1.54, 1.807) is 0 Å². The second-order valence-corrected chi connectivity index (χ2v) is 8.95. The number of aliphatic hydroxyl groups excluding tert-OH is 1. The first-order chi connectivity index (χ1) is 13.3. The molecular weight excluding hydrogens is 364 g/mol. The molecule has 2 aromatic rings. The van der Waals surface area contributed by atoms with E-state index in [0.29, 0.717) is 5.92 Å². The Morgan fingerprint density at radius 3 is 1.93 bits per heavy atom. The zero-order valence-electron chi connectivity index (χ0n) is 18.5. The molecule has 0 heterocycles. The van der Waals surface area contributed by atoms with E-state index in [1.165, 1.54) is 41.5 Å². The molecular formula is C26H37ClO. The van der Waals surface area contributed by atoms with E-state index in [0.717, 1.165) is 29.0 Å². The molecule has 0 amide bonds. The highest BCUT2D eigenvalue weighted by atomic mass is 35.5. The molecule has 0 aromatic heterocycles. The number of hydrogen-bond acceptors (Lipinski definition) is 1. The van der Waals surface area contributed by atoms with E-state index in [2.05, 4.69) is 65.0 Å². The molecule has 0 spiro atoms. The number of hydrogen-bond donors (Lipinski definition) is 1. The van der Waals surface area contributed by atoms with Crippen molar-refractivity contribution in [3.05, 3.63) is 57.6 Å². The van der Waals surface area contributed by atoms with Gasteiger partial charge in [0.25, 0.3) is 0 Å². The van der Waals surface area contributed by atoms with E-state index in [4.69, 9.17) is 11.6 Å². The van der Waals surface area contributed by atoms with Crippen molar-refractivity contribution in [2.24, 2.45) is 0 Å². The summed E-state index contributed by atoms with van der Waals surface area (Å²) in [7, 11) is 0. The van der Waals surface area contributed by atoms with E-state index in [9.17, 15) is 5.11 Å². The summed E-state index contributed by atoms with van der Waals surface area (Å²) in [4.78, 5) is 0. The summed E-state index contributed by atoms with van der Waals surface area (Å²) in [5.74, 6) is 0.600. The van der Waals surface area contributed by atoms with Crippen LogP contribution in [0.5, 0.6) is 0 Å². The minimum atomic E-state index is -0.555. The van der Waals surface area contributed by atoms with Crippen molar-refractivity contribution in [3.8, 4) is 11.1 Å². The molecule has 0 saturated heterocycles. The highest BCUT2D eigenvalue weighted by molar-refractivity contribution is 6.32. The summed E-state index contributed by atoms with van der Waals surface area (Å²) < 4.78 is 0. The second kappa shape index (κ2) is 10.5. The number of halogens is 1. The molecule has 154 valence electrons. The van der Waals surface area contributed by atoms with Crippen molar-refractivity contribution in [1.82, 2.24) is 0 Å². The fourth-order valence-corrected chi connectivity index (χ4v) is 5.00. The van der Waals surface area contributed by atoms with Crippen molar-refractivity contribution < 1.29 is 5.11 Å². The highest BCUT2D eigenvalue weighted by Crippen LogP contribution is 2.46. The topological polar surface area (TPSA) is 20.2 Å². The third kappa shape index (κ3) is 4.99. The van der Waals surface area contributed by atoms with E-state index in [-0.39, 0.29) is 5.92 Å². The van der Waals surface area contributed by atoms with Crippen molar-refractivity contribution in [1.29, 1.82) is 0 Å². The molecule has 0 radical (unpaired) electrons. The first kappa shape index (κ1) is 23.0. The van der Waals surface area contributed by atoms with Gasteiger partial charge in [-0.1, -0.05) is 95.8 Å². The quantitative estimate of drug-likeness (QED) is 0.418. The van der Waals surface area contributed by atoms with Gasteiger partial charge >= 0.3 is 0 Å². The van der Waals surface area contributed by atoms with Gasteiger partial charge in [0.1, 0.15) is 0 Å². The highest BCUT2D eigenvalue weighted by Gasteiger charge is 2.28. The summed E-state index contributed by atoms with van der Waals surface area (Å²) in [5.41, 5.74) is 7.12. The van der Waals surface area contributed by atoms with Crippen LogP contribution in [0.1, 0.15) is 107 Å². The smallest absolute Gasteiger partial charge is 0.0771 e. The van der Waals surface area contributed by atoms with Gasteiger partial charge in [0.2, 0.25) is 0 Å². The molecule has 2 aromatic carbocycles. The van der Waals surface area contributed by atoms with Crippen LogP contribution in [0.3, 0.4) is 0 Å². The summed E-state index contributed by atoms with van der Waals surface area (Å²) in [6.07, 6.45) is 5.34. The first-order valence-electron chi connectivity index (χ1n) is 10.9. The van der Waals surface area contributed by atoms with Crippen LogP contribution in [0.2, 0.25) is 5.02 Å². The van der Waals surface area contributed by atoms with Crippen LogP contribution in [-0.4, -0.2) is 5.11 Å². The molecule has 1 N–H and O–H groups in total. The minimum Gasteiger partial charge on any atom is -0.389 e. The average Bonchev–Trinajstić information content (AvgIpc) is 2.64. The van der Waals surface area contributed by atoms with Gasteiger partial charge in [0, 0.05) is 5.02 Å². The fraction of sp³-hybridized carbons (Fsp3) is 0.538. The van der Waals surface area contributed by atoms with Crippen LogP contribution in [0, 0.1) is 0 Å². The lowest BCUT2D eigenvalue weighted by molar-refractivity contribution is 0.198. The zero-order chi connectivity index (χ0) is 20.8. The zero-order valence-corrected chi connectivity index (χ0v) is 19.2. The summed E-state index contributed by atoms with van der Waals surface area (Å²) in [6, 6.07) is 10.5. The Morgan fingerprint density at radius 1 is 0.821 bits per heavy atom. The molecule has 0 fully saturated rings. The van der Waals surface area contributed by atoms with Gasteiger partial charge in [-0.25, -0.2) is 0 Å². The summed E-state index contributed by atoms with van der Waals surface area (Å²) in [6.45, 7) is 12.9. The normalized spacial score (nSPS) is 12.8. The molecule has 0 bridgehead atoms. The van der Waals surface area contributed by atoms with Crippen LogP contribution >= 0.6 is 11.6 Å². The molecule has 2 rings (SSSR count). The van der Waals surface area contributed by atoms with Crippen molar-refractivity contribution >= 4 is 11.6 Å². The predicted octanol–water partition coefficient (Wildman–Crippen LogP) is 8.43. The number of aliphatic hydroxyl groups is 1. The first-order valence-corrected chi connectivity index (χ1v) is 11.3. The van der Waals surface area contributed by atoms with Gasteiger partial charge in [0.15, 0.2) is 0 Å². The van der Waals surface area contributed by atoms with Crippen LogP contribution in [0.4, 0.5) is 0 Å². The van der Waals surface area contributed by atoms with Gasteiger partial charge in [-0.15, -0.1) is 0 Å². The number of rotatable bonds is 9. The van der Waals surface area contributed by atoms with E-state index >= 15 is 0 Å². The Balaban J connectivity index is 2.85. The van der Waals surface area contributed by atoms with Crippen molar-refractivity contribution in [3.63, 3.8) is 0 Å². The molecule has 0 saturated carbocycles. The third-order valence-electron chi connectivity index (χ3n) is 5.57. The maximum Gasteiger partial charge on any atom is 0.0771 e. The maximum absolute atomic E-state index is 10.8. The molecule has 0 aliphatic carbocycles. The molecule has 1 atom stereocenters. The second-order valence-electron chi connectivity index (χ2n) is 8.57. The van der Waals surface area contributed by atoms with Crippen molar-refractivity contribution in [2.75, 3.05) is 0 Å². The summed E-state index contributed by atoms with van der Waals surface area (Å²) >= 11 is 7.04.